The van der Waals surface area contributed by atoms with Crippen molar-refractivity contribution in [2.24, 2.45) is 0 Å². The van der Waals surface area contributed by atoms with Gasteiger partial charge in [-0.05, 0) is 23.3 Å². The lowest BCUT2D eigenvalue weighted by molar-refractivity contribution is 1.24. The van der Waals surface area contributed by atoms with Crippen molar-refractivity contribution >= 4 is 0 Å². The van der Waals surface area contributed by atoms with Crippen molar-refractivity contribution in [3.63, 3.8) is 0 Å². The van der Waals surface area contributed by atoms with Crippen molar-refractivity contribution in [1.29, 1.82) is 0 Å². The molecule has 1 aromatic carbocycles. The van der Waals surface area contributed by atoms with Crippen LogP contribution in [-0.4, -0.2) is 4.98 Å². The molecule has 0 bridgehead atoms. The van der Waals surface area contributed by atoms with Crippen molar-refractivity contribution in [3.8, 4) is 11.1 Å². The quantitative estimate of drug-likeness (QED) is 0.696. The molecule has 2 aromatic rings. The molecule has 13 heavy (non-hydrogen) atoms. The monoisotopic (exact) mass is 170 g/mol. The number of hydrogen-bond donors (Lipinski definition) is 1. The number of hydrogen-bond acceptors (Lipinski definition) is 1. The molecule has 0 saturated carbocycles. The smallest absolute Gasteiger partial charge is 0.247 e. The predicted molar refractivity (Wildman–Crippen MR) is 51.3 cm³/mol. The van der Waals surface area contributed by atoms with Crippen LogP contribution in [0.2, 0.25) is 0 Å². The van der Waals surface area contributed by atoms with Gasteiger partial charge in [-0.1, -0.05) is 24.3 Å². The fourth-order valence-electron chi connectivity index (χ4n) is 1.17. The highest BCUT2D eigenvalue weighted by atomic mass is 16.1. The van der Waals surface area contributed by atoms with Crippen LogP contribution >= 0.6 is 0 Å². The molecule has 0 atom stereocenters. The molecular formula is C11H8NO. The Labute approximate surface area is 75.9 Å². The molecule has 0 amide bonds. The van der Waals surface area contributed by atoms with Crippen LogP contribution in [0.15, 0.2) is 47.4 Å². The van der Waals surface area contributed by atoms with Crippen LogP contribution in [0.3, 0.4) is 0 Å². The molecule has 63 valence electrons. The van der Waals surface area contributed by atoms with Gasteiger partial charge in [0.05, 0.1) is 0 Å². The average molecular weight is 170 g/mol. The zero-order valence-electron chi connectivity index (χ0n) is 6.95. The molecule has 1 radical (unpaired) electrons. The Hall–Kier alpha value is -1.83. The van der Waals surface area contributed by atoms with Gasteiger partial charge in [-0.2, -0.15) is 0 Å². The lowest BCUT2D eigenvalue weighted by atomic mass is 10.1. The zero-order valence-corrected chi connectivity index (χ0v) is 6.95. The van der Waals surface area contributed by atoms with Gasteiger partial charge in [-0.15, -0.1) is 0 Å². The highest BCUT2D eigenvalue weighted by molar-refractivity contribution is 5.61. The molecule has 0 aliphatic carbocycles. The van der Waals surface area contributed by atoms with E-state index in [1.54, 1.807) is 12.3 Å². The van der Waals surface area contributed by atoms with E-state index in [4.69, 9.17) is 0 Å². The van der Waals surface area contributed by atoms with Crippen molar-refractivity contribution < 1.29 is 0 Å². The van der Waals surface area contributed by atoms with E-state index in [0.717, 1.165) is 11.1 Å². The Balaban J connectivity index is 2.48. The van der Waals surface area contributed by atoms with Crippen LogP contribution in [0.5, 0.6) is 0 Å². The van der Waals surface area contributed by atoms with Crippen LogP contribution in [0.25, 0.3) is 11.1 Å². The molecule has 2 heteroatoms. The molecule has 0 saturated heterocycles. The lowest BCUT2D eigenvalue weighted by Crippen LogP contribution is -2.01. The zero-order chi connectivity index (χ0) is 9.10. The number of aromatic amines is 1. The van der Waals surface area contributed by atoms with Crippen LogP contribution < -0.4 is 5.56 Å². The van der Waals surface area contributed by atoms with E-state index < -0.39 is 0 Å². The number of H-pyrrole nitrogens is 1. The minimum atomic E-state index is -0.0776. The summed E-state index contributed by atoms with van der Waals surface area (Å²) in [4.78, 5) is 13.4. The molecule has 0 unspecified atom stereocenters. The van der Waals surface area contributed by atoms with Crippen molar-refractivity contribution in [1.82, 2.24) is 4.98 Å². The topological polar surface area (TPSA) is 32.9 Å². The first-order valence-electron chi connectivity index (χ1n) is 4.01. The molecule has 1 aromatic heterocycles. The fraction of sp³-hybridized carbons (Fsp3) is 0. The Morgan fingerprint density at radius 1 is 1.00 bits per heavy atom. The molecule has 0 aliphatic rings. The van der Waals surface area contributed by atoms with E-state index in [2.05, 4.69) is 11.1 Å². The molecule has 2 nitrogen and oxygen atoms in total. The van der Waals surface area contributed by atoms with Crippen LogP contribution in [0.1, 0.15) is 0 Å². The Bertz CT molecular complexity index is 425. The molecule has 0 aliphatic heterocycles. The third-order valence-electron chi connectivity index (χ3n) is 1.84. The summed E-state index contributed by atoms with van der Waals surface area (Å²) in [5.74, 6) is 0. The number of nitrogens with one attached hydrogen (secondary N) is 1. The maximum Gasteiger partial charge on any atom is 0.247 e. The van der Waals surface area contributed by atoms with Gasteiger partial charge in [-0.3, -0.25) is 4.79 Å². The highest BCUT2D eigenvalue weighted by Crippen LogP contribution is 2.15. The molecule has 0 spiro atoms. The van der Waals surface area contributed by atoms with Gasteiger partial charge in [0.25, 0.3) is 0 Å². The van der Waals surface area contributed by atoms with E-state index in [9.17, 15) is 4.79 Å². The van der Waals surface area contributed by atoms with Crippen molar-refractivity contribution in [2.75, 3.05) is 0 Å². The fourth-order valence-corrected chi connectivity index (χ4v) is 1.17. The van der Waals surface area contributed by atoms with E-state index in [1.807, 2.05) is 24.3 Å². The normalized spacial score (nSPS) is 9.85. The van der Waals surface area contributed by atoms with E-state index >= 15 is 0 Å². The average Bonchev–Trinajstić information content (AvgIpc) is 2.20. The third-order valence-corrected chi connectivity index (χ3v) is 1.84. The third kappa shape index (κ3) is 1.67. The molecule has 0 fully saturated rings. The summed E-state index contributed by atoms with van der Waals surface area (Å²) < 4.78 is 0. The predicted octanol–water partition coefficient (Wildman–Crippen LogP) is 1.84. The standard InChI is InChI=1S/C11H8NO/c13-11-7-6-10(8-12-11)9-4-2-1-3-5-9/h2-8H,(H,12,13). The highest BCUT2D eigenvalue weighted by Gasteiger charge is 1.94. The molecular weight excluding hydrogens is 162 g/mol. The SMILES string of the molecule is O=c1ccc(-c2cc[c]cc2)c[nH]1. The molecule has 1 N–H and O–H groups in total. The second-order valence-electron chi connectivity index (χ2n) is 2.73. The number of aromatic nitrogens is 1. The lowest BCUT2D eigenvalue weighted by Gasteiger charge is -1.98. The second-order valence-corrected chi connectivity index (χ2v) is 2.73. The van der Waals surface area contributed by atoms with Crippen LogP contribution in [0, 0.1) is 6.07 Å². The first-order chi connectivity index (χ1) is 6.36. The summed E-state index contributed by atoms with van der Waals surface area (Å²) in [6, 6.07) is 13.9. The summed E-state index contributed by atoms with van der Waals surface area (Å²) in [7, 11) is 0. The first kappa shape index (κ1) is 7.80. The minimum Gasteiger partial charge on any atom is -0.328 e. The van der Waals surface area contributed by atoms with Gasteiger partial charge in [0, 0.05) is 12.3 Å². The largest absolute Gasteiger partial charge is 0.328 e. The summed E-state index contributed by atoms with van der Waals surface area (Å²) >= 11 is 0. The summed E-state index contributed by atoms with van der Waals surface area (Å²) in [5, 5.41) is 0. The van der Waals surface area contributed by atoms with Gasteiger partial charge >= 0.3 is 0 Å². The molecule has 2 rings (SSSR count). The summed E-state index contributed by atoms with van der Waals surface area (Å²) in [5.41, 5.74) is 2.01. The Morgan fingerprint density at radius 3 is 2.38 bits per heavy atom. The number of pyridine rings is 1. The summed E-state index contributed by atoms with van der Waals surface area (Å²) in [6.45, 7) is 0. The minimum absolute atomic E-state index is 0.0776. The van der Waals surface area contributed by atoms with Gasteiger partial charge in [0.1, 0.15) is 0 Å². The van der Waals surface area contributed by atoms with E-state index in [-0.39, 0.29) is 5.56 Å². The van der Waals surface area contributed by atoms with Gasteiger partial charge in [0.15, 0.2) is 0 Å². The summed E-state index contributed by atoms with van der Waals surface area (Å²) in [6.07, 6.45) is 1.71. The van der Waals surface area contributed by atoms with E-state index in [0.29, 0.717) is 0 Å². The Morgan fingerprint density at radius 2 is 1.77 bits per heavy atom. The maximum atomic E-state index is 10.8. The van der Waals surface area contributed by atoms with E-state index in [1.165, 1.54) is 6.07 Å². The second kappa shape index (κ2) is 3.27. The van der Waals surface area contributed by atoms with Crippen LogP contribution in [-0.2, 0) is 0 Å². The maximum absolute atomic E-state index is 10.8. The molecule has 1 heterocycles. The number of rotatable bonds is 1. The van der Waals surface area contributed by atoms with Gasteiger partial charge < -0.3 is 4.98 Å². The number of benzene rings is 1. The van der Waals surface area contributed by atoms with Gasteiger partial charge in [-0.25, -0.2) is 0 Å². The van der Waals surface area contributed by atoms with Crippen molar-refractivity contribution in [2.45, 2.75) is 0 Å². The van der Waals surface area contributed by atoms with Crippen molar-refractivity contribution in [3.05, 3.63) is 59.0 Å². The van der Waals surface area contributed by atoms with Crippen LogP contribution in [0.4, 0.5) is 0 Å². The first-order valence-corrected chi connectivity index (χ1v) is 4.01. The Kier molecular flexibility index (Phi) is 1.96. The van der Waals surface area contributed by atoms with Gasteiger partial charge in [0.2, 0.25) is 5.56 Å².